The van der Waals surface area contributed by atoms with Gasteiger partial charge in [-0.2, -0.15) is 0 Å². The third-order valence-corrected chi connectivity index (χ3v) is 9.00. The second kappa shape index (κ2) is 9.57. The number of fused-ring (bicyclic) bond motifs is 1. The van der Waals surface area contributed by atoms with Crippen LogP contribution in [0.3, 0.4) is 0 Å². The highest BCUT2D eigenvalue weighted by Crippen LogP contribution is 2.60. The lowest BCUT2D eigenvalue weighted by molar-refractivity contribution is 0.0929. The minimum Gasteiger partial charge on any atom is -0.0953 e. The Balaban J connectivity index is 1.71. The summed E-state index contributed by atoms with van der Waals surface area (Å²) in [6.45, 7) is 19.1. The van der Waals surface area contributed by atoms with E-state index in [-0.39, 0.29) is 0 Å². The fraction of sp³-hybridized carbons (Fsp3) is 0.793. The summed E-state index contributed by atoms with van der Waals surface area (Å²) in [5.41, 5.74) is 5.25. The van der Waals surface area contributed by atoms with Gasteiger partial charge in [0.05, 0.1) is 0 Å². The van der Waals surface area contributed by atoms with Crippen molar-refractivity contribution < 1.29 is 0 Å². The zero-order valence-corrected chi connectivity index (χ0v) is 20.4. The molecule has 0 aromatic heterocycles. The summed E-state index contributed by atoms with van der Waals surface area (Å²) in [7, 11) is 0. The molecule has 3 rings (SSSR count). The first-order valence-electron chi connectivity index (χ1n) is 12.8. The monoisotopic (exact) mass is 396 g/mol. The van der Waals surface area contributed by atoms with Crippen molar-refractivity contribution in [2.75, 3.05) is 0 Å². The minimum atomic E-state index is 0.546. The fourth-order valence-corrected chi connectivity index (χ4v) is 7.30. The molecule has 6 atom stereocenters. The Hall–Kier alpha value is -0.780. The van der Waals surface area contributed by atoms with Gasteiger partial charge in [-0.1, -0.05) is 85.1 Å². The molecule has 0 N–H and O–H groups in total. The Kier molecular flexibility index (Phi) is 7.56. The van der Waals surface area contributed by atoms with Crippen LogP contribution in [0.15, 0.2) is 35.5 Å². The van der Waals surface area contributed by atoms with Crippen LogP contribution in [-0.4, -0.2) is 0 Å². The highest BCUT2D eigenvalue weighted by atomic mass is 14.5. The predicted octanol–water partition coefficient (Wildman–Crippen LogP) is 9.14. The van der Waals surface area contributed by atoms with Gasteiger partial charge in [0, 0.05) is 0 Å². The molecule has 0 aliphatic heterocycles. The van der Waals surface area contributed by atoms with Gasteiger partial charge in [-0.05, 0) is 97.0 Å². The van der Waals surface area contributed by atoms with Crippen LogP contribution in [0.1, 0.15) is 106 Å². The third kappa shape index (κ3) is 5.11. The van der Waals surface area contributed by atoms with Crippen molar-refractivity contribution in [3.05, 3.63) is 35.5 Å². The SMILES string of the molecule is C=C1/C(=C/C=C2\CCC[C@]3(C)[C@@H]([C@H](C)CCCC(C)C)CC[C@@H]23)C[C@@H](C)C[C@H]1C. The summed E-state index contributed by atoms with van der Waals surface area (Å²) in [6, 6.07) is 0. The van der Waals surface area contributed by atoms with Gasteiger partial charge in [0.25, 0.3) is 0 Å². The van der Waals surface area contributed by atoms with Crippen LogP contribution in [0.4, 0.5) is 0 Å². The Morgan fingerprint density at radius 1 is 1.10 bits per heavy atom. The molecule has 0 bridgehead atoms. The highest BCUT2D eigenvalue weighted by Gasteiger charge is 2.50. The number of hydrogen-bond acceptors (Lipinski definition) is 0. The van der Waals surface area contributed by atoms with E-state index in [2.05, 4.69) is 60.3 Å². The van der Waals surface area contributed by atoms with E-state index in [1.165, 1.54) is 75.4 Å². The highest BCUT2D eigenvalue weighted by molar-refractivity contribution is 5.37. The molecule has 3 aliphatic rings. The standard InChI is InChI=1S/C29H48/c1-20(2)10-8-11-22(4)27-15-16-28-25(12-9-17-29(27,28)7)13-14-26-19-21(3)18-23(5)24(26)6/h13-14,20-23,27-28H,6,8-12,15-19H2,1-5,7H3/b25-13+,26-14+/t21-,22+,23+,27+,28-,29+/m0/s1. The maximum absolute atomic E-state index is 4.43. The Morgan fingerprint density at radius 2 is 1.86 bits per heavy atom. The predicted molar refractivity (Wildman–Crippen MR) is 129 cm³/mol. The van der Waals surface area contributed by atoms with E-state index in [0.717, 1.165) is 29.6 Å². The maximum Gasteiger partial charge on any atom is -0.0143 e. The molecule has 0 saturated heterocycles. The van der Waals surface area contributed by atoms with E-state index in [1.807, 2.05) is 0 Å². The van der Waals surface area contributed by atoms with E-state index < -0.39 is 0 Å². The second-order valence-electron chi connectivity index (χ2n) is 11.8. The van der Waals surface area contributed by atoms with Gasteiger partial charge < -0.3 is 0 Å². The molecule has 0 heterocycles. The Morgan fingerprint density at radius 3 is 2.59 bits per heavy atom. The van der Waals surface area contributed by atoms with Crippen LogP contribution >= 0.6 is 0 Å². The van der Waals surface area contributed by atoms with Gasteiger partial charge in [0.2, 0.25) is 0 Å². The lowest BCUT2D eigenvalue weighted by Gasteiger charge is -2.44. The maximum atomic E-state index is 4.43. The van der Waals surface area contributed by atoms with E-state index in [0.29, 0.717) is 11.3 Å². The molecule has 3 fully saturated rings. The molecular formula is C29H48. The quantitative estimate of drug-likeness (QED) is 0.420. The molecule has 164 valence electrons. The molecule has 0 aromatic rings. The summed E-state index contributed by atoms with van der Waals surface area (Å²) in [4.78, 5) is 0. The number of hydrogen-bond donors (Lipinski definition) is 0. The van der Waals surface area contributed by atoms with Gasteiger partial charge in [-0.25, -0.2) is 0 Å². The lowest BCUT2D eigenvalue weighted by atomic mass is 9.60. The molecule has 3 aliphatic carbocycles. The lowest BCUT2D eigenvalue weighted by Crippen LogP contribution is -2.36. The van der Waals surface area contributed by atoms with E-state index in [1.54, 1.807) is 5.57 Å². The number of rotatable bonds is 6. The molecule has 0 unspecified atom stereocenters. The van der Waals surface area contributed by atoms with Crippen molar-refractivity contribution in [1.82, 2.24) is 0 Å². The third-order valence-electron chi connectivity index (χ3n) is 9.00. The summed E-state index contributed by atoms with van der Waals surface area (Å²) in [5.74, 6) is 4.97. The summed E-state index contributed by atoms with van der Waals surface area (Å²) < 4.78 is 0. The van der Waals surface area contributed by atoms with E-state index in [4.69, 9.17) is 0 Å². The van der Waals surface area contributed by atoms with Crippen LogP contribution in [0.25, 0.3) is 0 Å². The van der Waals surface area contributed by atoms with Gasteiger partial charge in [0.1, 0.15) is 0 Å². The number of allylic oxidation sites excluding steroid dienone is 5. The first kappa shape index (κ1) is 22.9. The largest absolute Gasteiger partial charge is 0.0953 e. The molecule has 0 radical (unpaired) electrons. The van der Waals surface area contributed by atoms with Gasteiger partial charge in [-0.15, -0.1) is 0 Å². The second-order valence-corrected chi connectivity index (χ2v) is 11.8. The zero-order chi connectivity index (χ0) is 21.2. The van der Waals surface area contributed by atoms with Gasteiger partial charge in [-0.3, -0.25) is 0 Å². The molecule has 0 aromatic carbocycles. The Bertz CT molecular complexity index is 632. The smallest absolute Gasteiger partial charge is 0.0143 e. The molecule has 0 heteroatoms. The minimum absolute atomic E-state index is 0.546. The van der Waals surface area contributed by atoms with E-state index >= 15 is 0 Å². The Labute approximate surface area is 182 Å². The van der Waals surface area contributed by atoms with Crippen LogP contribution in [0.5, 0.6) is 0 Å². The molecule has 0 nitrogen and oxygen atoms in total. The van der Waals surface area contributed by atoms with Crippen molar-refractivity contribution in [2.45, 2.75) is 106 Å². The summed E-state index contributed by atoms with van der Waals surface area (Å²) in [5, 5.41) is 0. The fourth-order valence-electron chi connectivity index (χ4n) is 7.30. The van der Waals surface area contributed by atoms with Crippen LogP contribution in [0.2, 0.25) is 0 Å². The van der Waals surface area contributed by atoms with Crippen molar-refractivity contribution in [3.63, 3.8) is 0 Å². The molecule has 29 heavy (non-hydrogen) atoms. The van der Waals surface area contributed by atoms with E-state index in [9.17, 15) is 0 Å². The molecule has 0 amide bonds. The molecule has 0 spiro atoms. The van der Waals surface area contributed by atoms with Crippen molar-refractivity contribution in [1.29, 1.82) is 0 Å². The van der Waals surface area contributed by atoms with Crippen molar-refractivity contribution in [2.24, 2.45) is 40.9 Å². The zero-order valence-electron chi connectivity index (χ0n) is 20.4. The van der Waals surface area contributed by atoms with Crippen LogP contribution in [-0.2, 0) is 0 Å². The average Bonchev–Trinajstić information content (AvgIpc) is 3.00. The first-order valence-corrected chi connectivity index (χ1v) is 12.8. The summed E-state index contributed by atoms with van der Waals surface area (Å²) >= 11 is 0. The van der Waals surface area contributed by atoms with Crippen molar-refractivity contribution >= 4 is 0 Å². The normalized spacial score (nSPS) is 39.3. The van der Waals surface area contributed by atoms with Crippen LogP contribution < -0.4 is 0 Å². The topological polar surface area (TPSA) is 0 Å². The van der Waals surface area contributed by atoms with Gasteiger partial charge >= 0.3 is 0 Å². The molecule has 3 saturated carbocycles. The first-order chi connectivity index (χ1) is 13.7. The average molecular weight is 397 g/mol. The summed E-state index contributed by atoms with van der Waals surface area (Å²) in [6.07, 6.45) is 18.9. The van der Waals surface area contributed by atoms with Crippen LogP contribution in [0, 0.1) is 40.9 Å². The van der Waals surface area contributed by atoms with Gasteiger partial charge in [0.15, 0.2) is 0 Å². The van der Waals surface area contributed by atoms with Crippen molar-refractivity contribution in [3.8, 4) is 0 Å². The molecular weight excluding hydrogens is 348 g/mol.